The number of nitrogens with one attached hydrogen (secondary N) is 3. The summed E-state index contributed by atoms with van der Waals surface area (Å²) in [4.78, 5) is 16.3. The molecule has 6 nitrogen and oxygen atoms in total. The van der Waals surface area contributed by atoms with Crippen molar-refractivity contribution in [2.24, 2.45) is 16.3 Å². The van der Waals surface area contributed by atoms with E-state index in [0.29, 0.717) is 25.2 Å². The number of nitrogens with zero attached hydrogens (tertiary/aromatic N) is 1. The van der Waals surface area contributed by atoms with Crippen molar-refractivity contribution < 1.29 is 9.53 Å². The summed E-state index contributed by atoms with van der Waals surface area (Å²) in [5.41, 5.74) is 0.187. The molecule has 2 unspecified atom stereocenters. The standard InChI is InChI=1S/C19H36N4O2.HI/c1-5-19(6-2)15(13-16(19)25-8-4)23-18(20-7-3)22-12-11-21-17(24)14-9-10-14;/h14-16H,5-13H2,1-4H3,(H,21,24)(H2,20,22,23);1H. The van der Waals surface area contributed by atoms with Crippen molar-refractivity contribution >= 4 is 35.8 Å². The summed E-state index contributed by atoms with van der Waals surface area (Å²) in [5, 5.41) is 9.89. The van der Waals surface area contributed by atoms with Crippen LogP contribution in [0.3, 0.4) is 0 Å². The van der Waals surface area contributed by atoms with Gasteiger partial charge in [-0.1, -0.05) is 13.8 Å². The zero-order chi connectivity index (χ0) is 18.3. The molecular formula is C19H37IN4O2. The SMILES string of the molecule is CCNC(=NCCNC(=O)C1CC1)NC1CC(OCC)C1(CC)CC.I. The number of ether oxygens (including phenoxy) is 1. The van der Waals surface area contributed by atoms with Gasteiger partial charge >= 0.3 is 0 Å². The molecule has 0 bridgehead atoms. The first-order chi connectivity index (χ1) is 12.1. The van der Waals surface area contributed by atoms with E-state index < -0.39 is 0 Å². The minimum Gasteiger partial charge on any atom is -0.378 e. The van der Waals surface area contributed by atoms with Gasteiger partial charge in [0.05, 0.1) is 12.6 Å². The van der Waals surface area contributed by atoms with Crippen LogP contribution in [0, 0.1) is 11.3 Å². The molecule has 2 saturated carbocycles. The summed E-state index contributed by atoms with van der Waals surface area (Å²) in [5.74, 6) is 1.28. The zero-order valence-corrected chi connectivity index (χ0v) is 19.1. The van der Waals surface area contributed by atoms with E-state index in [-0.39, 0.29) is 41.2 Å². The van der Waals surface area contributed by atoms with E-state index in [1.165, 1.54) is 0 Å². The molecule has 2 fully saturated rings. The van der Waals surface area contributed by atoms with Crippen molar-refractivity contribution in [2.45, 2.75) is 71.9 Å². The maximum atomic E-state index is 11.7. The number of hydrogen-bond donors (Lipinski definition) is 3. The number of carbonyl (C=O) groups is 1. The van der Waals surface area contributed by atoms with Gasteiger partial charge in [0.2, 0.25) is 5.91 Å². The molecule has 26 heavy (non-hydrogen) atoms. The Morgan fingerprint density at radius 2 is 1.85 bits per heavy atom. The molecule has 0 aromatic carbocycles. The lowest BCUT2D eigenvalue weighted by Gasteiger charge is -2.55. The van der Waals surface area contributed by atoms with Crippen LogP contribution >= 0.6 is 24.0 Å². The summed E-state index contributed by atoms with van der Waals surface area (Å²) in [6.07, 6.45) is 5.64. The van der Waals surface area contributed by atoms with Crippen molar-refractivity contribution in [1.82, 2.24) is 16.0 Å². The predicted octanol–water partition coefficient (Wildman–Crippen LogP) is 2.67. The fourth-order valence-corrected chi connectivity index (χ4v) is 3.91. The second-order valence-corrected chi connectivity index (χ2v) is 7.14. The van der Waals surface area contributed by atoms with Crippen molar-refractivity contribution in [3.05, 3.63) is 0 Å². The van der Waals surface area contributed by atoms with Gasteiger partial charge in [0.15, 0.2) is 5.96 Å². The van der Waals surface area contributed by atoms with Gasteiger partial charge in [-0.05, 0) is 46.0 Å². The Morgan fingerprint density at radius 3 is 2.38 bits per heavy atom. The molecule has 2 aliphatic carbocycles. The topological polar surface area (TPSA) is 74.8 Å². The van der Waals surface area contributed by atoms with Crippen LogP contribution in [-0.4, -0.2) is 50.3 Å². The van der Waals surface area contributed by atoms with Gasteiger partial charge < -0.3 is 20.7 Å². The highest BCUT2D eigenvalue weighted by atomic mass is 127. The molecule has 2 rings (SSSR count). The first-order valence-electron chi connectivity index (χ1n) is 10.0. The Kier molecular flexibility index (Phi) is 10.2. The number of amides is 1. The van der Waals surface area contributed by atoms with Crippen LogP contribution in [0.25, 0.3) is 0 Å². The van der Waals surface area contributed by atoms with Crippen LogP contribution < -0.4 is 16.0 Å². The highest BCUT2D eigenvalue weighted by molar-refractivity contribution is 14.0. The Labute approximate surface area is 175 Å². The highest BCUT2D eigenvalue weighted by Crippen LogP contribution is 2.48. The fraction of sp³-hybridized carbons (Fsp3) is 0.895. The first-order valence-corrected chi connectivity index (χ1v) is 10.0. The van der Waals surface area contributed by atoms with Gasteiger partial charge in [0.25, 0.3) is 0 Å². The van der Waals surface area contributed by atoms with Gasteiger partial charge in [-0.25, -0.2) is 0 Å². The van der Waals surface area contributed by atoms with E-state index in [4.69, 9.17) is 4.74 Å². The molecule has 0 saturated heterocycles. The third-order valence-electron chi connectivity index (χ3n) is 5.75. The Hall–Kier alpha value is -0.570. The molecule has 2 aliphatic rings. The Balaban J connectivity index is 0.00000338. The van der Waals surface area contributed by atoms with Crippen molar-refractivity contribution in [3.63, 3.8) is 0 Å². The van der Waals surface area contributed by atoms with Gasteiger partial charge in [0, 0.05) is 37.1 Å². The quantitative estimate of drug-likeness (QED) is 0.195. The molecule has 3 N–H and O–H groups in total. The van der Waals surface area contributed by atoms with Crippen LogP contribution in [-0.2, 0) is 9.53 Å². The van der Waals surface area contributed by atoms with E-state index in [0.717, 1.165) is 51.2 Å². The largest absolute Gasteiger partial charge is 0.378 e. The summed E-state index contributed by atoms with van der Waals surface area (Å²) in [7, 11) is 0. The maximum absolute atomic E-state index is 11.7. The van der Waals surface area contributed by atoms with Crippen LogP contribution in [0.5, 0.6) is 0 Å². The van der Waals surface area contributed by atoms with Crippen LogP contribution in [0.1, 0.15) is 59.8 Å². The molecule has 0 radical (unpaired) electrons. The average molecular weight is 480 g/mol. The molecule has 0 heterocycles. The number of rotatable bonds is 10. The molecule has 0 spiro atoms. The van der Waals surface area contributed by atoms with Crippen LogP contribution in [0.2, 0.25) is 0 Å². The second kappa shape index (κ2) is 11.3. The minimum absolute atomic E-state index is 0. The zero-order valence-electron chi connectivity index (χ0n) is 16.8. The van der Waals surface area contributed by atoms with E-state index in [9.17, 15) is 4.79 Å². The summed E-state index contributed by atoms with van der Waals surface area (Å²) >= 11 is 0. The van der Waals surface area contributed by atoms with E-state index in [1.807, 2.05) is 0 Å². The average Bonchev–Trinajstić information content (AvgIpc) is 3.43. The van der Waals surface area contributed by atoms with Gasteiger partial charge in [-0.15, -0.1) is 24.0 Å². The second-order valence-electron chi connectivity index (χ2n) is 7.14. The monoisotopic (exact) mass is 480 g/mol. The molecule has 0 aliphatic heterocycles. The maximum Gasteiger partial charge on any atom is 0.223 e. The van der Waals surface area contributed by atoms with Crippen molar-refractivity contribution in [1.29, 1.82) is 0 Å². The number of hydrogen-bond acceptors (Lipinski definition) is 3. The fourth-order valence-electron chi connectivity index (χ4n) is 3.91. The normalized spacial score (nSPS) is 24.2. The summed E-state index contributed by atoms with van der Waals surface area (Å²) in [6, 6.07) is 0.387. The highest BCUT2D eigenvalue weighted by Gasteiger charge is 2.53. The third kappa shape index (κ3) is 5.71. The lowest BCUT2D eigenvalue weighted by molar-refractivity contribution is -0.133. The van der Waals surface area contributed by atoms with Crippen LogP contribution in [0.15, 0.2) is 4.99 Å². The lowest BCUT2D eigenvalue weighted by atomic mass is 9.58. The molecule has 2 atom stereocenters. The number of guanidine groups is 1. The summed E-state index contributed by atoms with van der Waals surface area (Å²) < 4.78 is 5.95. The van der Waals surface area contributed by atoms with E-state index in [2.05, 4.69) is 48.6 Å². The van der Waals surface area contributed by atoms with Gasteiger partial charge in [-0.3, -0.25) is 9.79 Å². The predicted molar refractivity (Wildman–Crippen MR) is 117 cm³/mol. The number of aliphatic imine (C=N–C) groups is 1. The molecular weight excluding hydrogens is 443 g/mol. The van der Waals surface area contributed by atoms with E-state index >= 15 is 0 Å². The summed E-state index contributed by atoms with van der Waals surface area (Å²) in [6.45, 7) is 11.4. The number of carbonyl (C=O) groups excluding carboxylic acids is 1. The Bertz CT molecular complexity index is 464. The first kappa shape index (κ1) is 23.5. The third-order valence-corrected chi connectivity index (χ3v) is 5.75. The van der Waals surface area contributed by atoms with Gasteiger partial charge in [-0.2, -0.15) is 0 Å². The number of halogens is 1. The Morgan fingerprint density at radius 1 is 1.15 bits per heavy atom. The van der Waals surface area contributed by atoms with Crippen molar-refractivity contribution in [2.75, 3.05) is 26.2 Å². The van der Waals surface area contributed by atoms with Gasteiger partial charge in [0.1, 0.15) is 0 Å². The molecule has 152 valence electrons. The molecule has 0 aromatic rings. The smallest absolute Gasteiger partial charge is 0.223 e. The molecule has 0 aromatic heterocycles. The lowest BCUT2D eigenvalue weighted by Crippen LogP contribution is -2.65. The minimum atomic E-state index is 0. The molecule has 7 heteroatoms. The van der Waals surface area contributed by atoms with E-state index in [1.54, 1.807) is 0 Å². The van der Waals surface area contributed by atoms with Crippen LogP contribution in [0.4, 0.5) is 0 Å². The molecule has 1 amide bonds. The van der Waals surface area contributed by atoms with Crippen molar-refractivity contribution in [3.8, 4) is 0 Å².